The number of hydrogen-bond donors (Lipinski definition) is 3. The number of H-pyrrole nitrogens is 1. The number of aromatic nitrogens is 1. The number of nitrogens with one attached hydrogen (secondary N) is 3. The maximum Gasteiger partial charge on any atom is 0.257 e. The van der Waals surface area contributed by atoms with Crippen LogP contribution in [0.15, 0.2) is 53.5 Å². The lowest BCUT2D eigenvalue weighted by Gasteiger charge is -2.29. The number of rotatable bonds is 5. The molecule has 3 N–H and O–H groups in total. The highest BCUT2D eigenvalue weighted by atomic mass is 19.1. The number of fused-ring (bicyclic) bond motifs is 1. The molecule has 0 saturated carbocycles. The maximum atomic E-state index is 14.5. The van der Waals surface area contributed by atoms with Gasteiger partial charge in [0.25, 0.3) is 5.91 Å². The average molecular weight is 424 g/mol. The predicted octanol–water partition coefficient (Wildman–Crippen LogP) is 1.87. The fraction of sp³-hybridized carbons (Fsp3) is 0.227. The van der Waals surface area contributed by atoms with Crippen LogP contribution >= 0.6 is 0 Å². The van der Waals surface area contributed by atoms with Gasteiger partial charge in [0.05, 0.1) is 25.4 Å². The van der Waals surface area contributed by atoms with Crippen LogP contribution < -0.4 is 21.0 Å². The summed E-state index contributed by atoms with van der Waals surface area (Å²) < 4.78 is 19.7. The number of amides is 2. The summed E-state index contributed by atoms with van der Waals surface area (Å²) >= 11 is 0. The number of carbonyl (C=O) groups excluding carboxylic acids is 2. The maximum absolute atomic E-state index is 14.5. The Morgan fingerprint density at radius 2 is 1.90 bits per heavy atom. The van der Waals surface area contributed by atoms with Crippen LogP contribution in [0.2, 0.25) is 0 Å². The largest absolute Gasteiger partial charge is 0.378 e. The normalized spacial score (nSPS) is 13.8. The molecular formula is C22H21FN4O4. The Balaban J connectivity index is 1.37. The van der Waals surface area contributed by atoms with Gasteiger partial charge in [0, 0.05) is 35.9 Å². The van der Waals surface area contributed by atoms with Gasteiger partial charge in [-0.1, -0.05) is 12.1 Å². The molecule has 0 radical (unpaired) electrons. The molecule has 3 aromatic rings. The van der Waals surface area contributed by atoms with Crippen molar-refractivity contribution in [2.45, 2.75) is 0 Å². The summed E-state index contributed by atoms with van der Waals surface area (Å²) in [5.74, 6) is -1.66. The van der Waals surface area contributed by atoms with E-state index in [0.29, 0.717) is 42.9 Å². The van der Waals surface area contributed by atoms with E-state index in [1.807, 2.05) is 4.90 Å². The van der Waals surface area contributed by atoms with Gasteiger partial charge in [0.15, 0.2) is 0 Å². The molecule has 1 fully saturated rings. The molecule has 1 saturated heterocycles. The molecule has 0 bridgehead atoms. The molecule has 4 rings (SSSR count). The highest BCUT2D eigenvalue weighted by molar-refractivity contribution is 6.00. The summed E-state index contributed by atoms with van der Waals surface area (Å²) in [5, 5.41) is 5.34. The fourth-order valence-corrected chi connectivity index (χ4v) is 3.44. The lowest BCUT2D eigenvalue weighted by atomic mass is 10.1. The summed E-state index contributed by atoms with van der Waals surface area (Å²) in [6, 6.07) is 11.3. The van der Waals surface area contributed by atoms with E-state index in [1.165, 1.54) is 12.3 Å². The highest BCUT2D eigenvalue weighted by Crippen LogP contribution is 2.23. The molecule has 2 aromatic carbocycles. The minimum Gasteiger partial charge on any atom is -0.378 e. The lowest BCUT2D eigenvalue weighted by Crippen LogP contribution is -2.37. The van der Waals surface area contributed by atoms with E-state index in [4.69, 9.17) is 4.74 Å². The number of aromatic amines is 1. The molecule has 9 heteroatoms. The Kier molecular flexibility index (Phi) is 5.94. The molecule has 160 valence electrons. The molecule has 2 heterocycles. The van der Waals surface area contributed by atoms with E-state index >= 15 is 0 Å². The van der Waals surface area contributed by atoms with Crippen LogP contribution in [0.4, 0.5) is 15.8 Å². The van der Waals surface area contributed by atoms with Crippen LogP contribution in [0.1, 0.15) is 10.4 Å². The van der Waals surface area contributed by atoms with Crippen molar-refractivity contribution in [3.8, 4) is 0 Å². The number of halogens is 1. The second-order valence-electron chi connectivity index (χ2n) is 7.07. The second kappa shape index (κ2) is 8.97. The number of carbonyl (C=O) groups is 2. The topological polar surface area (TPSA) is 104 Å². The fourth-order valence-electron chi connectivity index (χ4n) is 3.44. The van der Waals surface area contributed by atoms with E-state index in [2.05, 4.69) is 15.6 Å². The number of anilines is 2. The zero-order chi connectivity index (χ0) is 21.8. The molecule has 0 unspecified atom stereocenters. The summed E-state index contributed by atoms with van der Waals surface area (Å²) in [7, 11) is 0. The van der Waals surface area contributed by atoms with Gasteiger partial charge < -0.3 is 25.3 Å². The van der Waals surface area contributed by atoms with Crippen LogP contribution in [0, 0.1) is 5.82 Å². The summed E-state index contributed by atoms with van der Waals surface area (Å²) in [6.45, 7) is 1.92. The van der Waals surface area contributed by atoms with Crippen LogP contribution in [0.3, 0.4) is 0 Å². The number of nitrogens with zero attached hydrogens (tertiary/aromatic N) is 1. The van der Waals surface area contributed by atoms with Crippen molar-refractivity contribution in [1.82, 2.24) is 10.3 Å². The first-order valence-electron chi connectivity index (χ1n) is 9.83. The van der Waals surface area contributed by atoms with E-state index in [1.54, 1.807) is 36.4 Å². The third kappa shape index (κ3) is 4.56. The molecule has 0 atom stereocenters. The van der Waals surface area contributed by atoms with Gasteiger partial charge in [-0.2, -0.15) is 0 Å². The molecule has 0 aliphatic carbocycles. The molecule has 1 aliphatic rings. The third-order valence-corrected chi connectivity index (χ3v) is 5.03. The van der Waals surface area contributed by atoms with Gasteiger partial charge >= 0.3 is 0 Å². The van der Waals surface area contributed by atoms with Crippen LogP contribution in [0.25, 0.3) is 10.9 Å². The molecule has 1 aliphatic heterocycles. The second-order valence-corrected chi connectivity index (χ2v) is 7.07. The third-order valence-electron chi connectivity index (χ3n) is 5.03. The quantitative estimate of drug-likeness (QED) is 0.580. The molecular weight excluding hydrogens is 403 g/mol. The van der Waals surface area contributed by atoms with Crippen molar-refractivity contribution < 1.29 is 18.7 Å². The number of hydrogen-bond acceptors (Lipinski definition) is 5. The summed E-state index contributed by atoms with van der Waals surface area (Å²) in [5.41, 5.74) is 0.826. The Hall–Kier alpha value is -3.72. The first-order valence-corrected chi connectivity index (χ1v) is 9.83. The monoisotopic (exact) mass is 424 g/mol. The lowest BCUT2D eigenvalue weighted by molar-refractivity contribution is -0.115. The van der Waals surface area contributed by atoms with E-state index in [9.17, 15) is 18.8 Å². The molecule has 8 nitrogen and oxygen atoms in total. The van der Waals surface area contributed by atoms with Crippen LogP contribution in [-0.4, -0.2) is 49.6 Å². The number of pyridine rings is 1. The van der Waals surface area contributed by atoms with E-state index in [0.717, 1.165) is 0 Å². The Morgan fingerprint density at radius 3 is 2.68 bits per heavy atom. The molecule has 31 heavy (non-hydrogen) atoms. The number of morpholine rings is 1. The molecule has 2 amide bonds. The van der Waals surface area contributed by atoms with E-state index < -0.39 is 23.1 Å². The zero-order valence-electron chi connectivity index (χ0n) is 16.6. The first-order chi connectivity index (χ1) is 15.0. The zero-order valence-corrected chi connectivity index (χ0v) is 16.6. The van der Waals surface area contributed by atoms with Crippen LogP contribution in [-0.2, 0) is 9.53 Å². The Bertz CT molecular complexity index is 1190. The number of para-hydroxylation sites is 1. The highest BCUT2D eigenvalue weighted by Gasteiger charge is 2.17. The Morgan fingerprint density at radius 1 is 1.13 bits per heavy atom. The molecule has 1 aromatic heterocycles. The summed E-state index contributed by atoms with van der Waals surface area (Å²) in [4.78, 5) is 41.8. The van der Waals surface area contributed by atoms with Gasteiger partial charge in [-0.3, -0.25) is 14.4 Å². The van der Waals surface area contributed by atoms with Gasteiger partial charge in [0.2, 0.25) is 11.3 Å². The standard InChI is InChI=1S/C22H21FN4O4/c23-17-11-14(5-6-19(17)27-7-9-31-10-8-27)26-20(28)13-25-22(30)16-12-24-18-4-2-1-3-15(18)21(16)29/h1-6,11-12H,7-10,13H2,(H,24,29)(H,25,30)(H,26,28). The average Bonchev–Trinajstić information content (AvgIpc) is 2.78. The van der Waals surface area contributed by atoms with Crippen molar-refractivity contribution in [3.63, 3.8) is 0 Å². The smallest absolute Gasteiger partial charge is 0.257 e. The summed E-state index contributed by atoms with van der Waals surface area (Å²) in [6.07, 6.45) is 1.32. The van der Waals surface area contributed by atoms with Crippen molar-refractivity contribution in [2.24, 2.45) is 0 Å². The SMILES string of the molecule is O=C(CNC(=O)c1c[nH]c2ccccc2c1=O)Nc1ccc(N2CCOCC2)c(F)c1. The van der Waals surface area contributed by atoms with Gasteiger partial charge in [-0.25, -0.2) is 4.39 Å². The first kappa shape index (κ1) is 20.5. The van der Waals surface area contributed by atoms with Gasteiger partial charge in [0.1, 0.15) is 11.4 Å². The van der Waals surface area contributed by atoms with Crippen molar-refractivity contribution >= 4 is 34.1 Å². The Labute approximate surface area is 177 Å². The van der Waals surface area contributed by atoms with Gasteiger partial charge in [-0.15, -0.1) is 0 Å². The van der Waals surface area contributed by atoms with Crippen molar-refractivity contribution in [3.05, 3.63) is 70.3 Å². The minimum absolute atomic E-state index is 0.0904. The van der Waals surface area contributed by atoms with Crippen LogP contribution in [0.5, 0.6) is 0 Å². The number of ether oxygens (including phenoxy) is 1. The van der Waals surface area contributed by atoms with Gasteiger partial charge in [-0.05, 0) is 30.3 Å². The molecule has 0 spiro atoms. The number of benzene rings is 2. The van der Waals surface area contributed by atoms with E-state index in [-0.39, 0.29) is 17.8 Å². The van der Waals surface area contributed by atoms with Crippen molar-refractivity contribution in [1.29, 1.82) is 0 Å². The predicted molar refractivity (Wildman–Crippen MR) is 115 cm³/mol. The van der Waals surface area contributed by atoms with Crippen molar-refractivity contribution in [2.75, 3.05) is 43.1 Å². The minimum atomic E-state index is -0.670.